The highest BCUT2D eigenvalue weighted by Gasteiger charge is 2.40. The molecule has 3 heterocycles. The highest BCUT2D eigenvalue weighted by molar-refractivity contribution is 6.08. The van der Waals surface area contributed by atoms with Crippen LogP contribution in [0, 0.1) is 11.8 Å². The van der Waals surface area contributed by atoms with Crippen molar-refractivity contribution in [1.82, 2.24) is 15.0 Å². The second kappa shape index (κ2) is 8.76. The van der Waals surface area contributed by atoms with Gasteiger partial charge in [-0.3, -0.25) is 4.79 Å². The van der Waals surface area contributed by atoms with Crippen molar-refractivity contribution in [2.24, 2.45) is 0 Å². The third-order valence-electron chi connectivity index (χ3n) is 5.29. The third kappa shape index (κ3) is 4.79. The minimum absolute atomic E-state index is 0.00675. The van der Waals surface area contributed by atoms with Crippen molar-refractivity contribution in [1.29, 1.82) is 0 Å². The molecule has 3 aromatic rings. The van der Waals surface area contributed by atoms with Gasteiger partial charge in [-0.25, -0.2) is 28.1 Å². The number of hydrogen-bond acceptors (Lipinski definition) is 5. The molecule has 0 spiro atoms. The molecule has 33 heavy (non-hydrogen) atoms. The number of carbonyl (C=O) groups excluding carboxylic acids is 1. The molecule has 1 aromatic carbocycles. The Balaban J connectivity index is 1.80. The van der Waals surface area contributed by atoms with E-state index in [1.54, 1.807) is 6.07 Å². The smallest absolute Gasteiger partial charge is 0.266 e. The number of amides is 1. The molecule has 1 N–H and O–H groups in total. The van der Waals surface area contributed by atoms with Crippen molar-refractivity contribution < 1.29 is 22.4 Å². The summed E-state index contributed by atoms with van der Waals surface area (Å²) in [7, 11) is 0. The van der Waals surface area contributed by atoms with Crippen LogP contribution >= 0.6 is 0 Å². The van der Waals surface area contributed by atoms with E-state index in [1.807, 2.05) is 13.8 Å². The average Bonchev–Trinajstić information content (AvgIpc) is 3.14. The van der Waals surface area contributed by atoms with Crippen molar-refractivity contribution in [3.8, 4) is 11.1 Å². The molecule has 0 aliphatic carbocycles. The summed E-state index contributed by atoms with van der Waals surface area (Å²) in [5.74, 6) is -4.90. The topological polar surface area (TPSA) is 71.0 Å². The predicted octanol–water partition coefficient (Wildman–Crippen LogP) is 5.04. The zero-order valence-corrected chi connectivity index (χ0v) is 17.9. The van der Waals surface area contributed by atoms with Crippen LogP contribution in [0.25, 0.3) is 11.1 Å². The first-order valence-electron chi connectivity index (χ1n) is 10.4. The van der Waals surface area contributed by atoms with Crippen LogP contribution in [0.3, 0.4) is 0 Å². The fourth-order valence-electron chi connectivity index (χ4n) is 3.60. The first kappa shape index (κ1) is 22.6. The van der Waals surface area contributed by atoms with Gasteiger partial charge in [0.05, 0.1) is 17.8 Å². The summed E-state index contributed by atoms with van der Waals surface area (Å²) in [6, 6.07) is 6.56. The average molecular weight is 459 g/mol. The highest BCUT2D eigenvalue weighted by Crippen LogP contribution is 2.40. The summed E-state index contributed by atoms with van der Waals surface area (Å²) in [6.45, 7) is 3.00. The molecular weight excluding hydrogens is 438 g/mol. The normalized spacial score (nSPS) is 15.2. The van der Waals surface area contributed by atoms with Crippen LogP contribution in [0.2, 0.25) is 0 Å². The molecule has 4 rings (SSSR count). The Morgan fingerprint density at radius 3 is 2.42 bits per heavy atom. The summed E-state index contributed by atoms with van der Waals surface area (Å²) in [5.41, 5.74) is 0.00430. The molecule has 172 valence electrons. The fourth-order valence-corrected chi connectivity index (χ4v) is 3.60. The summed E-state index contributed by atoms with van der Waals surface area (Å²) < 4.78 is 56.9. The SMILES string of the molecule is CC(C)c1ncc(C(=O)Nc2c(-c3ccccc3F)cc(F)nc2N2CCC(F)(F)C2)cn1. The number of anilines is 2. The van der Waals surface area contributed by atoms with Gasteiger partial charge in [-0.1, -0.05) is 32.0 Å². The number of pyridine rings is 1. The molecule has 1 amide bonds. The number of nitrogens with zero attached hydrogens (tertiary/aromatic N) is 4. The van der Waals surface area contributed by atoms with Gasteiger partial charge in [0.1, 0.15) is 11.6 Å². The molecule has 0 radical (unpaired) electrons. The minimum atomic E-state index is -2.99. The van der Waals surface area contributed by atoms with E-state index >= 15 is 0 Å². The van der Waals surface area contributed by atoms with Gasteiger partial charge in [0.2, 0.25) is 5.95 Å². The number of carbonyl (C=O) groups is 1. The summed E-state index contributed by atoms with van der Waals surface area (Å²) >= 11 is 0. The van der Waals surface area contributed by atoms with Crippen molar-refractivity contribution in [2.75, 3.05) is 23.3 Å². The second-order valence-corrected chi connectivity index (χ2v) is 8.14. The van der Waals surface area contributed by atoms with Gasteiger partial charge in [0, 0.05) is 48.5 Å². The lowest BCUT2D eigenvalue weighted by atomic mass is 10.0. The Labute approximate surface area is 187 Å². The number of rotatable bonds is 5. The van der Waals surface area contributed by atoms with Crippen LogP contribution in [0.5, 0.6) is 0 Å². The Hall–Kier alpha value is -3.56. The summed E-state index contributed by atoms with van der Waals surface area (Å²) in [5, 5.41) is 2.60. The summed E-state index contributed by atoms with van der Waals surface area (Å²) in [6.07, 6.45) is 2.22. The molecule has 6 nitrogen and oxygen atoms in total. The van der Waals surface area contributed by atoms with Crippen LogP contribution in [0.4, 0.5) is 29.1 Å². The van der Waals surface area contributed by atoms with E-state index in [9.17, 15) is 22.4 Å². The lowest BCUT2D eigenvalue weighted by molar-refractivity contribution is 0.0256. The molecule has 10 heteroatoms. The van der Waals surface area contributed by atoms with Gasteiger partial charge in [0.15, 0.2) is 5.82 Å². The van der Waals surface area contributed by atoms with Crippen LogP contribution in [0.1, 0.15) is 42.4 Å². The van der Waals surface area contributed by atoms with Crippen molar-refractivity contribution in [3.05, 3.63) is 65.9 Å². The molecule has 2 aromatic heterocycles. The van der Waals surface area contributed by atoms with E-state index in [4.69, 9.17) is 0 Å². The molecule has 0 atom stereocenters. The van der Waals surface area contributed by atoms with Crippen LogP contribution in [0.15, 0.2) is 42.7 Å². The van der Waals surface area contributed by atoms with Crippen molar-refractivity contribution >= 4 is 17.4 Å². The zero-order chi connectivity index (χ0) is 23.8. The maximum absolute atomic E-state index is 14.6. The van der Waals surface area contributed by atoms with Crippen molar-refractivity contribution in [3.63, 3.8) is 0 Å². The molecule has 0 bridgehead atoms. The standard InChI is InChI=1S/C23H21F4N5O/c1-13(2)20-28-10-14(11-29-20)22(33)31-19-16(15-5-3-4-6-17(15)24)9-18(25)30-21(19)32-8-7-23(26,27)12-32/h3-6,9-11,13H,7-8,12H2,1-2H3,(H,31,33). The zero-order valence-electron chi connectivity index (χ0n) is 17.9. The summed E-state index contributed by atoms with van der Waals surface area (Å²) in [4.78, 5) is 26.2. The monoisotopic (exact) mass is 459 g/mol. The Morgan fingerprint density at radius 2 is 1.82 bits per heavy atom. The van der Waals surface area contributed by atoms with E-state index in [0.717, 1.165) is 6.07 Å². The number of aromatic nitrogens is 3. The molecule has 1 aliphatic rings. The maximum Gasteiger partial charge on any atom is 0.266 e. The highest BCUT2D eigenvalue weighted by atomic mass is 19.3. The predicted molar refractivity (Wildman–Crippen MR) is 115 cm³/mol. The van der Waals surface area contributed by atoms with Gasteiger partial charge in [-0.2, -0.15) is 4.39 Å². The fraction of sp³-hybridized carbons (Fsp3) is 0.304. The Bertz CT molecular complexity index is 1180. The van der Waals surface area contributed by atoms with E-state index in [2.05, 4.69) is 20.3 Å². The maximum atomic E-state index is 14.6. The molecule has 1 saturated heterocycles. The van der Waals surface area contributed by atoms with Crippen LogP contribution in [-0.4, -0.2) is 39.9 Å². The van der Waals surface area contributed by atoms with E-state index < -0.39 is 36.6 Å². The third-order valence-corrected chi connectivity index (χ3v) is 5.29. The molecule has 0 saturated carbocycles. The number of halogens is 4. The van der Waals surface area contributed by atoms with Crippen LogP contribution in [-0.2, 0) is 0 Å². The van der Waals surface area contributed by atoms with Gasteiger partial charge < -0.3 is 10.2 Å². The Morgan fingerprint density at radius 1 is 1.12 bits per heavy atom. The Kier molecular flexibility index (Phi) is 6.01. The number of alkyl halides is 2. The number of nitrogens with one attached hydrogen (secondary N) is 1. The lowest BCUT2D eigenvalue weighted by Gasteiger charge is -2.23. The largest absolute Gasteiger partial charge is 0.349 e. The molecule has 1 aliphatic heterocycles. The van der Waals surface area contributed by atoms with Crippen LogP contribution < -0.4 is 10.2 Å². The minimum Gasteiger partial charge on any atom is -0.349 e. The van der Waals surface area contributed by atoms with E-state index in [-0.39, 0.29) is 40.7 Å². The lowest BCUT2D eigenvalue weighted by Crippen LogP contribution is -2.27. The van der Waals surface area contributed by atoms with Crippen molar-refractivity contribution in [2.45, 2.75) is 32.1 Å². The molecular formula is C23H21F4N5O. The number of hydrogen-bond donors (Lipinski definition) is 1. The van der Waals surface area contributed by atoms with Gasteiger partial charge in [-0.05, 0) is 6.07 Å². The molecule has 0 unspecified atom stereocenters. The quantitative estimate of drug-likeness (QED) is 0.428. The van der Waals surface area contributed by atoms with Gasteiger partial charge >= 0.3 is 0 Å². The first-order chi connectivity index (χ1) is 15.6. The first-order valence-corrected chi connectivity index (χ1v) is 10.4. The molecule has 1 fully saturated rings. The van der Waals surface area contributed by atoms with Gasteiger partial charge in [0.25, 0.3) is 11.8 Å². The van der Waals surface area contributed by atoms with E-state index in [1.165, 1.54) is 35.5 Å². The number of benzene rings is 1. The van der Waals surface area contributed by atoms with E-state index in [0.29, 0.717) is 5.82 Å². The second-order valence-electron chi connectivity index (χ2n) is 8.14. The van der Waals surface area contributed by atoms with Gasteiger partial charge in [-0.15, -0.1) is 0 Å².